The van der Waals surface area contributed by atoms with Crippen LogP contribution in [-0.2, 0) is 11.2 Å². The standard InChI is InChI=1S/C11H15N3O4/c1-2-11(18)5-14(6-11)9(16)4-7-3-8(15)13-10(17)12-7/h3,18H,2,4-6H2,1H3,(H2,12,13,15,17). The van der Waals surface area contributed by atoms with Gasteiger partial charge in [-0.05, 0) is 6.42 Å². The Hall–Kier alpha value is -1.89. The highest BCUT2D eigenvalue weighted by Gasteiger charge is 2.41. The Labute approximate surface area is 102 Å². The molecule has 0 aromatic carbocycles. The molecule has 0 spiro atoms. The smallest absolute Gasteiger partial charge is 0.325 e. The maximum Gasteiger partial charge on any atom is 0.325 e. The van der Waals surface area contributed by atoms with Crippen LogP contribution in [0.5, 0.6) is 0 Å². The van der Waals surface area contributed by atoms with Crippen molar-refractivity contribution in [1.29, 1.82) is 0 Å². The molecule has 1 aliphatic rings. The van der Waals surface area contributed by atoms with Crippen molar-refractivity contribution >= 4 is 5.91 Å². The number of amides is 1. The van der Waals surface area contributed by atoms with Crippen LogP contribution in [0.3, 0.4) is 0 Å². The molecule has 1 amide bonds. The molecule has 0 aliphatic carbocycles. The summed E-state index contributed by atoms with van der Waals surface area (Å²) in [6.45, 7) is 2.46. The number of carbonyl (C=O) groups excluding carboxylic acids is 1. The van der Waals surface area contributed by atoms with Gasteiger partial charge in [0.15, 0.2) is 0 Å². The van der Waals surface area contributed by atoms with E-state index in [-0.39, 0.29) is 18.0 Å². The van der Waals surface area contributed by atoms with E-state index in [0.29, 0.717) is 19.5 Å². The Balaban J connectivity index is 2.01. The number of β-amino-alcohol motifs (C(OH)–C–C–N with tert-alkyl or cyclic N) is 1. The lowest BCUT2D eigenvalue weighted by Crippen LogP contribution is -2.63. The van der Waals surface area contributed by atoms with Crippen LogP contribution in [0.1, 0.15) is 19.0 Å². The first-order valence-corrected chi connectivity index (χ1v) is 5.74. The van der Waals surface area contributed by atoms with Gasteiger partial charge in [0.2, 0.25) is 5.91 Å². The summed E-state index contributed by atoms with van der Waals surface area (Å²) in [5.41, 5.74) is -1.66. The van der Waals surface area contributed by atoms with Crippen LogP contribution in [-0.4, -0.2) is 44.6 Å². The van der Waals surface area contributed by atoms with E-state index < -0.39 is 16.9 Å². The SMILES string of the molecule is CCC1(O)CN(C(=O)Cc2cc(=O)[nH]c(=O)[nH]2)C1. The van der Waals surface area contributed by atoms with Gasteiger partial charge in [0, 0.05) is 11.8 Å². The predicted octanol–water partition coefficient (Wildman–Crippen LogP) is -1.41. The zero-order chi connectivity index (χ0) is 13.3. The molecule has 1 aromatic heterocycles. The fourth-order valence-electron chi connectivity index (χ4n) is 1.95. The highest BCUT2D eigenvalue weighted by Crippen LogP contribution is 2.24. The molecule has 0 atom stereocenters. The second-order valence-corrected chi connectivity index (χ2v) is 4.62. The molecular formula is C11H15N3O4. The highest BCUT2D eigenvalue weighted by atomic mass is 16.3. The van der Waals surface area contributed by atoms with E-state index >= 15 is 0 Å². The molecule has 1 fully saturated rings. The molecular weight excluding hydrogens is 238 g/mol. The van der Waals surface area contributed by atoms with E-state index in [1.807, 2.05) is 11.9 Å². The average molecular weight is 253 g/mol. The fourth-order valence-corrected chi connectivity index (χ4v) is 1.95. The van der Waals surface area contributed by atoms with E-state index in [0.717, 1.165) is 0 Å². The monoisotopic (exact) mass is 253 g/mol. The summed E-state index contributed by atoms with van der Waals surface area (Å²) in [6, 6.07) is 1.19. The zero-order valence-corrected chi connectivity index (χ0v) is 10.0. The Morgan fingerprint density at radius 3 is 2.67 bits per heavy atom. The van der Waals surface area contributed by atoms with Crippen molar-refractivity contribution in [3.05, 3.63) is 32.6 Å². The van der Waals surface area contributed by atoms with Crippen molar-refractivity contribution < 1.29 is 9.90 Å². The van der Waals surface area contributed by atoms with Crippen molar-refractivity contribution in [2.75, 3.05) is 13.1 Å². The minimum atomic E-state index is -0.781. The minimum absolute atomic E-state index is 0.0427. The second-order valence-electron chi connectivity index (χ2n) is 4.62. The molecule has 2 heterocycles. The summed E-state index contributed by atoms with van der Waals surface area (Å²) >= 11 is 0. The number of aromatic nitrogens is 2. The quantitative estimate of drug-likeness (QED) is 0.615. The van der Waals surface area contributed by atoms with Gasteiger partial charge in [-0.2, -0.15) is 0 Å². The van der Waals surface area contributed by atoms with E-state index in [1.54, 1.807) is 0 Å². The summed E-state index contributed by atoms with van der Waals surface area (Å²) < 4.78 is 0. The molecule has 1 aromatic rings. The van der Waals surface area contributed by atoms with Crippen LogP contribution < -0.4 is 11.2 Å². The van der Waals surface area contributed by atoms with Crippen LogP contribution in [0.2, 0.25) is 0 Å². The van der Waals surface area contributed by atoms with Gasteiger partial charge in [-0.1, -0.05) is 6.92 Å². The third-order valence-corrected chi connectivity index (χ3v) is 3.14. The van der Waals surface area contributed by atoms with E-state index in [9.17, 15) is 19.5 Å². The molecule has 18 heavy (non-hydrogen) atoms. The Morgan fingerprint density at radius 1 is 1.44 bits per heavy atom. The number of H-pyrrole nitrogens is 2. The number of hydrogen-bond donors (Lipinski definition) is 3. The summed E-state index contributed by atoms with van der Waals surface area (Å²) in [5, 5.41) is 9.79. The number of nitrogens with zero attached hydrogens (tertiary/aromatic N) is 1. The number of likely N-dealkylation sites (tertiary alicyclic amines) is 1. The first kappa shape index (κ1) is 12.6. The van der Waals surface area contributed by atoms with Crippen molar-refractivity contribution in [3.8, 4) is 0 Å². The number of aromatic amines is 2. The van der Waals surface area contributed by atoms with Crippen molar-refractivity contribution in [2.45, 2.75) is 25.4 Å². The van der Waals surface area contributed by atoms with Gasteiger partial charge in [-0.15, -0.1) is 0 Å². The van der Waals surface area contributed by atoms with Gasteiger partial charge in [-0.25, -0.2) is 4.79 Å². The summed E-state index contributed by atoms with van der Waals surface area (Å²) in [6.07, 6.45) is 0.553. The molecule has 1 saturated heterocycles. The van der Waals surface area contributed by atoms with E-state index in [2.05, 4.69) is 4.98 Å². The number of carbonyl (C=O) groups is 1. The molecule has 0 saturated carbocycles. The predicted molar refractivity (Wildman–Crippen MR) is 63.2 cm³/mol. The van der Waals surface area contributed by atoms with Crippen LogP contribution in [0.15, 0.2) is 15.7 Å². The van der Waals surface area contributed by atoms with Crippen molar-refractivity contribution in [1.82, 2.24) is 14.9 Å². The normalized spacial score (nSPS) is 17.3. The first-order chi connectivity index (χ1) is 8.42. The van der Waals surface area contributed by atoms with Gasteiger partial charge in [0.05, 0.1) is 25.1 Å². The molecule has 1 aliphatic heterocycles. The molecule has 2 rings (SSSR count). The van der Waals surface area contributed by atoms with Crippen LogP contribution in [0, 0.1) is 0 Å². The topological polar surface area (TPSA) is 106 Å². The van der Waals surface area contributed by atoms with Crippen LogP contribution >= 0.6 is 0 Å². The molecule has 0 bridgehead atoms. The Kier molecular flexibility index (Phi) is 3.08. The van der Waals surface area contributed by atoms with Crippen LogP contribution in [0.25, 0.3) is 0 Å². The van der Waals surface area contributed by atoms with E-state index in [4.69, 9.17) is 0 Å². The number of aliphatic hydroxyl groups is 1. The molecule has 0 radical (unpaired) electrons. The maximum atomic E-state index is 11.8. The van der Waals surface area contributed by atoms with Gasteiger partial charge >= 0.3 is 5.69 Å². The van der Waals surface area contributed by atoms with Gasteiger partial charge in [0.1, 0.15) is 0 Å². The second kappa shape index (κ2) is 4.41. The van der Waals surface area contributed by atoms with Gasteiger partial charge in [0.25, 0.3) is 5.56 Å². The Morgan fingerprint density at radius 2 is 2.11 bits per heavy atom. The largest absolute Gasteiger partial charge is 0.386 e. The van der Waals surface area contributed by atoms with Crippen molar-refractivity contribution in [2.24, 2.45) is 0 Å². The molecule has 98 valence electrons. The molecule has 7 heteroatoms. The lowest BCUT2D eigenvalue weighted by atomic mass is 9.91. The van der Waals surface area contributed by atoms with E-state index in [1.165, 1.54) is 11.0 Å². The summed E-state index contributed by atoms with van der Waals surface area (Å²) in [7, 11) is 0. The minimum Gasteiger partial charge on any atom is -0.386 e. The molecule has 3 N–H and O–H groups in total. The molecule has 7 nitrogen and oxygen atoms in total. The summed E-state index contributed by atoms with van der Waals surface area (Å²) in [4.78, 5) is 39.8. The Bertz CT molecular complexity index is 540. The van der Waals surface area contributed by atoms with Crippen molar-refractivity contribution in [3.63, 3.8) is 0 Å². The number of nitrogens with one attached hydrogen (secondary N) is 2. The molecule has 0 unspecified atom stereocenters. The van der Waals surface area contributed by atoms with Crippen LogP contribution in [0.4, 0.5) is 0 Å². The van der Waals surface area contributed by atoms with Gasteiger partial charge in [-0.3, -0.25) is 14.6 Å². The lowest BCUT2D eigenvalue weighted by molar-refractivity contribution is -0.155. The third kappa shape index (κ3) is 2.51. The lowest BCUT2D eigenvalue weighted by Gasteiger charge is -2.46. The summed E-state index contributed by atoms with van der Waals surface area (Å²) in [5.74, 6) is -0.214. The fraction of sp³-hybridized carbons (Fsp3) is 0.545. The van der Waals surface area contributed by atoms with Gasteiger partial charge < -0.3 is 15.0 Å². The first-order valence-electron chi connectivity index (χ1n) is 5.74. The highest BCUT2D eigenvalue weighted by molar-refractivity contribution is 5.79. The number of hydrogen-bond acceptors (Lipinski definition) is 4. The maximum absolute atomic E-state index is 11.8. The zero-order valence-electron chi connectivity index (χ0n) is 10.0. The third-order valence-electron chi connectivity index (χ3n) is 3.14. The number of rotatable bonds is 3. The average Bonchev–Trinajstić information content (AvgIpc) is 2.23.